The SMILES string of the molecule is C=N[C@@H]1C23C[C@H](F)C4=CC(=C)C=CC4(C)[C@@]2(F)CCC2(C)[C@]13C[C@@H](C)[C@]2(CC(=O)CC)C(=O)SCC. The molecule has 0 aromatic heterocycles. The summed E-state index contributed by atoms with van der Waals surface area (Å²) in [6.07, 6.45) is 5.80. The van der Waals surface area contributed by atoms with Crippen molar-refractivity contribution in [3.05, 3.63) is 36.0 Å². The van der Waals surface area contributed by atoms with Crippen molar-refractivity contribution in [2.45, 2.75) is 91.0 Å². The average Bonchev–Trinajstić information content (AvgIpc) is 3.36. The van der Waals surface area contributed by atoms with Crippen molar-refractivity contribution < 1.29 is 18.4 Å². The number of rotatable bonds is 6. The number of nitrogens with zero attached hydrogens (tertiary/aromatic N) is 1. The van der Waals surface area contributed by atoms with Gasteiger partial charge in [-0.1, -0.05) is 64.3 Å². The molecule has 5 aliphatic carbocycles. The van der Waals surface area contributed by atoms with E-state index >= 15 is 8.78 Å². The Kier molecular flexibility index (Phi) is 5.60. The molecule has 3 nitrogen and oxygen atoms in total. The van der Waals surface area contributed by atoms with Crippen LogP contribution in [0.3, 0.4) is 0 Å². The fourth-order valence-corrected chi connectivity index (χ4v) is 11.2. The maximum absolute atomic E-state index is 18.0. The van der Waals surface area contributed by atoms with Crippen LogP contribution in [0, 0.1) is 33.0 Å². The van der Waals surface area contributed by atoms with Gasteiger partial charge in [0.2, 0.25) is 0 Å². The smallest absolute Gasteiger partial charge is 0.196 e. The highest BCUT2D eigenvalue weighted by Gasteiger charge is 2.97. The van der Waals surface area contributed by atoms with Crippen molar-refractivity contribution in [3.8, 4) is 0 Å². The van der Waals surface area contributed by atoms with Crippen LogP contribution in [0.4, 0.5) is 8.78 Å². The van der Waals surface area contributed by atoms with Crippen molar-refractivity contribution in [3.63, 3.8) is 0 Å². The molecule has 0 aliphatic heterocycles. The van der Waals surface area contributed by atoms with Gasteiger partial charge in [-0.25, -0.2) is 8.78 Å². The van der Waals surface area contributed by atoms with Crippen LogP contribution >= 0.6 is 11.8 Å². The standard InChI is InChI=1S/C30H39F2NO2S/c1-8-20(34)16-27(24(35)36-9-2)19(4)15-28-23(33-7)29(28)17-22(31)21-14-18(3)10-11-25(21,5)30(29,32)13-12-26(27,28)6/h10-11,14,19,22-23H,3,7-9,12-13,15-17H2,1-2,4-6H3/t19-,22+,23+,25?,26?,27-,28+,29?,30+/m1/s1. The molecule has 5 aliphatic rings. The predicted molar refractivity (Wildman–Crippen MR) is 143 cm³/mol. The highest BCUT2D eigenvalue weighted by molar-refractivity contribution is 8.13. The Morgan fingerprint density at radius 2 is 1.89 bits per heavy atom. The van der Waals surface area contributed by atoms with Gasteiger partial charge in [0.15, 0.2) is 5.12 Å². The van der Waals surface area contributed by atoms with Crippen LogP contribution < -0.4 is 0 Å². The van der Waals surface area contributed by atoms with Crippen LogP contribution in [0.1, 0.15) is 73.1 Å². The highest BCUT2D eigenvalue weighted by Crippen LogP contribution is 2.94. The lowest BCUT2D eigenvalue weighted by Gasteiger charge is -2.61. The van der Waals surface area contributed by atoms with Crippen molar-refractivity contribution in [2.75, 3.05) is 5.75 Å². The Labute approximate surface area is 218 Å². The molecule has 0 aromatic rings. The molecule has 4 saturated carbocycles. The van der Waals surface area contributed by atoms with Gasteiger partial charge in [-0.05, 0) is 67.6 Å². The number of thioether (sulfide) groups is 1. The number of hydrogen-bond acceptors (Lipinski definition) is 4. The summed E-state index contributed by atoms with van der Waals surface area (Å²) in [7, 11) is 0. The Hall–Kier alpha value is -1.56. The van der Waals surface area contributed by atoms with Gasteiger partial charge in [0.05, 0.1) is 11.5 Å². The molecule has 0 saturated heterocycles. The van der Waals surface area contributed by atoms with Gasteiger partial charge in [0.1, 0.15) is 17.6 Å². The molecule has 0 amide bonds. The molecule has 5 rings (SSSR count). The van der Waals surface area contributed by atoms with Gasteiger partial charge >= 0.3 is 0 Å². The normalized spacial score (nSPS) is 50.4. The Morgan fingerprint density at radius 1 is 1.19 bits per heavy atom. The maximum atomic E-state index is 18.0. The zero-order valence-corrected chi connectivity index (χ0v) is 23.1. The van der Waals surface area contributed by atoms with E-state index in [1.807, 2.05) is 26.8 Å². The summed E-state index contributed by atoms with van der Waals surface area (Å²) in [5, 5.41) is 0.0307. The fourth-order valence-electron chi connectivity index (χ4n) is 10.1. The number of halogens is 2. The lowest BCUT2D eigenvalue weighted by atomic mass is 9.44. The van der Waals surface area contributed by atoms with Gasteiger partial charge in [-0.15, -0.1) is 0 Å². The minimum absolute atomic E-state index is 0.0307. The van der Waals surface area contributed by atoms with Crippen LogP contribution in [-0.4, -0.2) is 41.3 Å². The summed E-state index contributed by atoms with van der Waals surface area (Å²) in [5.74, 6) is 0.531. The van der Waals surface area contributed by atoms with E-state index in [4.69, 9.17) is 0 Å². The molecule has 4 fully saturated rings. The Balaban J connectivity index is 1.75. The van der Waals surface area contributed by atoms with E-state index in [1.54, 1.807) is 12.2 Å². The second-order valence-corrected chi connectivity index (χ2v) is 13.6. The molecule has 0 aromatic carbocycles. The lowest BCUT2D eigenvalue weighted by molar-refractivity contribution is -0.162. The van der Waals surface area contributed by atoms with Gasteiger partial charge in [-0.2, -0.15) is 0 Å². The third kappa shape index (κ3) is 2.45. The minimum atomic E-state index is -1.73. The van der Waals surface area contributed by atoms with Gasteiger partial charge < -0.3 is 0 Å². The number of ketones is 1. The van der Waals surface area contributed by atoms with Gasteiger partial charge in [0.25, 0.3) is 0 Å². The quantitative estimate of drug-likeness (QED) is 0.357. The first-order chi connectivity index (χ1) is 16.8. The summed E-state index contributed by atoms with van der Waals surface area (Å²) < 4.78 is 34.2. The van der Waals surface area contributed by atoms with E-state index in [-0.39, 0.29) is 36.1 Å². The summed E-state index contributed by atoms with van der Waals surface area (Å²) in [4.78, 5) is 31.6. The number of carbonyl (C=O) groups is 2. The van der Waals surface area contributed by atoms with Crippen LogP contribution in [0.5, 0.6) is 0 Å². The zero-order valence-electron chi connectivity index (χ0n) is 22.3. The zero-order chi connectivity index (χ0) is 26.5. The number of hydrogen-bond donors (Lipinski definition) is 0. The molecular formula is C30H39F2NO2S. The first-order valence-corrected chi connectivity index (χ1v) is 14.4. The van der Waals surface area contributed by atoms with Crippen LogP contribution in [0.15, 0.2) is 40.9 Å². The first kappa shape index (κ1) is 26.1. The van der Waals surface area contributed by atoms with E-state index in [2.05, 4.69) is 32.1 Å². The summed E-state index contributed by atoms with van der Waals surface area (Å²) in [6, 6.07) is -0.488. The highest BCUT2D eigenvalue weighted by atomic mass is 32.2. The molecule has 9 atom stereocenters. The maximum Gasteiger partial charge on any atom is 0.196 e. The Morgan fingerprint density at radius 3 is 2.50 bits per heavy atom. The van der Waals surface area contributed by atoms with Crippen molar-refractivity contribution in [2.24, 2.45) is 38.0 Å². The van der Waals surface area contributed by atoms with Crippen LogP contribution in [-0.2, 0) is 9.59 Å². The van der Waals surface area contributed by atoms with Crippen molar-refractivity contribution >= 4 is 29.4 Å². The first-order valence-electron chi connectivity index (χ1n) is 13.4. The second-order valence-electron chi connectivity index (χ2n) is 12.4. The lowest BCUT2D eigenvalue weighted by Crippen LogP contribution is -2.63. The molecule has 36 heavy (non-hydrogen) atoms. The average molecular weight is 516 g/mol. The largest absolute Gasteiger partial charge is 0.300 e. The molecule has 6 heteroatoms. The number of Topliss-reactive ketones (excluding diaryl/α,β-unsaturated/α-hetero) is 1. The fraction of sp³-hybridized carbons (Fsp3) is 0.700. The molecule has 0 bridgehead atoms. The summed E-state index contributed by atoms with van der Waals surface area (Å²) in [6.45, 7) is 17.6. The number of allylic oxidation sites excluding steroid dienone is 5. The third-order valence-corrected chi connectivity index (χ3v) is 12.6. The second kappa shape index (κ2) is 7.74. The van der Waals surface area contributed by atoms with Gasteiger partial charge in [0, 0.05) is 29.1 Å². The van der Waals surface area contributed by atoms with Crippen molar-refractivity contribution in [1.29, 1.82) is 0 Å². The molecule has 0 N–H and O–H groups in total. The van der Waals surface area contributed by atoms with Crippen LogP contribution in [0.2, 0.25) is 0 Å². The van der Waals surface area contributed by atoms with E-state index in [9.17, 15) is 9.59 Å². The minimum Gasteiger partial charge on any atom is -0.300 e. The summed E-state index contributed by atoms with van der Waals surface area (Å²) >= 11 is 1.27. The number of alkyl halides is 2. The van der Waals surface area contributed by atoms with Crippen molar-refractivity contribution in [1.82, 2.24) is 0 Å². The topological polar surface area (TPSA) is 46.5 Å². The van der Waals surface area contributed by atoms with Gasteiger partial charge in [-0.3, -0.25) is 14.6 Å². The molecule has 0 heterocycles. The third-order valence-electron chi connectivity index (χ3n) is 11.7. The summed E-state index contributed by atoms with van der Waals surface area (Å²) in [5.41, 5.74) is -5.08. The molecule has 196 valence electrons. The predicted octanol–water partition coefficient (Wildman–Crippen LogP) is 7.03. The van der Waals surface area contributed by atoms with Crippen LogP contribution in [0.25, 0.3) is 0 Å². The monoisotopic (exact) mass is 515 g/mol. The van der Waals surface area contributed by atoms with E-state index in [1.165, 1.54) is 11.8 Å². The van der Waals surface area contributed by atoms with E-state index in [0.717, 1.165) is 0 Å². The molecule has 0 radical (unpaired) electrons. The number of fused-ring (bicyclic) bond motifs is 2. The number of aliphatic imine (C=N–C) groups is 1. The molecular weight excluding hydrogens is 476 g/mol. The molecule has 3 unspecified atom stereocenters. The molecule has 2 spiro atoms. The van der Waals surface area contributed by atoms with E-state index < -0.39 is 45.0 Å². The van der Waals surface area contributed by atoms with E-state index in [0.29, 0.717) is 36.2 Å². The number of carbonyl (C=O) groups excluding carboxylic acids is 2. The Bertz CT molecular complexity index is 1130.